The van der Waals surface area contributed by atoms with Crippen molar-refractivity contribution in [2.24, 2.45) is 0 Å². The monoisotopic (exact) mass is 332 g/mol. The number of ketones is 1. The van der Waals surface area contributed by atoms with Crippen molar-refractivity contribution in [3.05, 3.63) is 33.3 Å². The Labute approximate surface area is 122 Å². The van der Waals surface area contributed by atoms with Gasteiger partial charge >= 0.3 is 0 Å². The van der Waals surface area contributed by atoms with Gasteiger partial charge in [-0.05, 0) is 38.0 Å². The molecule has 0 radical (unpaired) electrons. The van der Waals surface area contributed by atoms with Gasteiger partial charge in [0, 0.05) is 22.5 Å². The molecule has 0 saturated carbocycles. The zero-order chi connectivity index (χ0) is 13.8. The van der Waals surface area contributed by atoms with Crippen LogP contribution >= 0.6 is 27.5 Å². The molecule has 0 aliphatic carbocycles. The van der Waals surface area contributed by atoms with Gasteiger partial charge in [-0.3, -0.25) is 4.79 Å². The van der Waals surface area contributed by atoms with E-state index in [1.54, 1.807) is 6.07 Å². The second-order valence-electron chi connectivity index (χ2n) is 4.35. The van der Waals surface area contributed by atoms with Crippen molar-refractivity contribution in [2.45, 2.75) is 39.2 Å². The maximum absolute atomic E-state index is 12.3. The smallest absolute Gasteiger partial charge is 0.168 e. The van der Waals surface area contributed by atoms with Crippen LogP contribution in [0, 0.1) is 0 Å². The van der Waals surface area contributed by atoms with Gasteiger partial charge in [-0.15, -0.1) is 0 Å². The van der Waals surface area contributed by atoms with E-state index in [2.05, 4.69) is 15.9 Å². The molecule has 0 aliphatic rings. The largest absolute Gasteiger partial charge is 0.368 e. The highest BCUT2D eigenvalue weighted by Crippen LogP contribution is 2.25. The van der Waals surface area contributed by atoms with Gasteiger partial charge in [0.15, 0.2) is 5.78 Å². The minimum atomic E-state index is -0.717. The van der Waals surface area contributed by atoms with Crippen LogP contribution in [-0.2, 0) is 16.0 Å². The highest BCUT2D eigenvalue weighted by atomic mass is 79.9. The number of halogens is 2. The Morgan fingerprint density at radius 3 is 2.61 bits per heavy atom. The predicted octanol–water partition coefficient (Wildman–Crippen LogP) is 4.42. The van der Waals surface area contributed by atoms with Gasteiger partial charge in [0.05, 0.1) is 0 Å². The molecule has 100 valence electrons. The third kappa shape index (κ3) is 3.81. The maximum atomic E-state index is 12.3. The Morgan fingerprint density at radius 2 is 2.11 bits per heavy atom. The summed E-state index contributed by atoms with van der Waals surface area (Å²) in [6, 6.07) is 5.55. The summed E-state index contributed by atoms with van der Waals surface area (Å²) in [4.78, 5) is 12.3. The van der Waals surface area contributed by atoms with Crippen LogP contribution in [0.4, 0.5) is 0 Å². The summed E-state index contributed by atoms with van der Waals surface area (Å²) < 4.78 is 6.48. The molecule has 0 fully saturated rings. The Hall–Kier alpha value is -0.380. The van der Waals surface area contributed by atoms with E-state index in [9.17, 15) is 4.79 Å². The molecule has 0 heterocycles. The third-order valence-corrected chi connectivity index (χ3v) is 3.94. The summed E-state index contributed by atoms with van der Waals surface area (Å²) in [5, 5.41) is 0.604. The van der Waals surface area contributed by atoms with Crippen molar-refractivity contribution in [1.82, 2.24) is 0 Å². The van der Waals surface area contributed by atoms with E-state index < -0.39 is 5.60 Å². The van der Waals surface area contributed by atoms with Crippen LogP contribution in [0.15, 0.2) is 22.7 Å². The molecule has 0 aliphatic heterocycles. The van der Waals surface area contributed by atoms with Gasteiger partial charge < -0.3 is 4.74 Å². The van der Waals surface area contributed by atoms with E-state index in [1.165, 1.54) is 0 Å². The van der Waals surface area contributed by atoms with Crippen LogP contribution in [0.2, 0.25) is 5.02 Å². The summed E-state index contributed by atoms with van der Waals surface area (Å²) in [7, 11) is 0. The topological polar surface area (TPSA) is 26.3 Å². The lowest BCUT2D eigenvalue weighted by Crippen LogP contribution is -2.39. The van der Waals surface area contributed by atoms with E-state index in [-0.39, 0.29) is 5.78 Å². The average molecular weight is 334 g/mol. The number of Topliss-reactive ketones (excluding diaryl/α,β-unsaturated/α-hetero) is 1. The molecule has 0 N–H and O–H groups in total. The summed E-state index contributed by atoms with van der Waals surface area (Å²) in [5.74, 6) is 0.0658. The number of hydrogen-bond acceptors (Lipinski definition) is 2. The SMILES string of the molecule is CCOC(C)(CC)C(=O)Cc1ccc(Br)cc1Cl. The van der Waals surface area contributed by atoms with Crippen molar-refractivity contribution < 1.29 is 9.53 Å². The number of ether oxygens (including phenoxy) is 1. The van der Waals surface area contributed by atoms with Gasteiger partial charge in [-0.2, -0.15) is 0 Å². The quantitative estimate of drug-likeness (QED) is 0.770. The molecule has 1 unspecified atom stereocenters. The third-order valence-electron chi connectivity index (χ3n) is 3.09. The average Bonchev–Trinajstić information content (AvgIpc) is 2.32. The van der Waals surface area contributed by atoms with Crippen LogP contribution < -0.4 is 0 Å². The molecular weight excluding hydrogens is 316 g/mol. The van der Waals surface area contributed by atoms with E-state index in [0.29, 0.717) is 24.5 Å². The van der Waals surface area contributed by atoms with E-state index in [0.717, 1.165) is 10.0 Å². The fourth-order valence-corrected chi connectivity index (χ4v) is 2.46. The number of hydrogen-bond donors (Lipinski definition) is 0. The lowest BCUT2D eigenvalue weighted by Gasteiger charge is -2.26. The van der Waals surface area contributed by atoms with Gasteiger partial charge in [-0.25, -0.2) is 0 Å². The molecule has 0 bridgehead atoms. The molecule has 1 aromatic rings. The predicted molar refractivity (Wildman–Crippen MR) is 78.2 cm³/mol. The van der Waals surface area contributed by atoms with E-state index in [1.807, 2.05) is 32.9 Å². The van der Waals surface area contributed by atoms with Gasteiger partial charge in [0.25, 0.3) is 0 Å². The number of carbonyl (C=O) groups excluding carboxylic acids is 1. The van der Waals surface area contributed by atoms with Crippen LogP contribution in [0.25, 0.3) is 0 Å². The molecule has 0 amide bonds. The Morgan fingerprint density at radius 1 is 1.44 bits per heavy atom. The minimum Gasteiger partial charge on any atom is -0.368 e. The lowest BCUT2D eigenvalue weighted by molar-refractivity contribution is -0.141. The zero-order valence-electron chi connectivity index (χ0n) is 10.9. The van der Waals surface area contributed by atoms with Crippen molar-refractivity contribution >= 4 is 33.3 Å². The first-order chi connectivity index (χ1) is 8.42. The molecule has 0 aromatic heterocycles. The van der Waals surface area contributed by atoms with Crippen molar-refractivity contribution in [2.75, 3.05) is 6.61 Å². The molecule has 4 heteroatoms. The summed E-state index contributed by atoms with van der Waals surface area (Å²) in [5.41, 5.74) is 0.120. The normalized spacial score (nSPS) is 14.3. The van der Waals surface area contributed by atoms with Gasteiger partial charge in [-0.1, -0.05) is 40.5 Å². The van der Waals surface area contributed by atoms with Crippen LogP contribution in [-0.4, -0.2) is 18.0 Å². The Balaban J connectivity index is 2.86. The van der Waals surface area contributed by atoms with Gasteiger partial charge in [0.2, 0.25) is 0 Å². The van der Waals surface area contributed by atoms with Crippen LogP contribution in [0.5, 0.6) is 0 Å². The molecular formula is C14H18BrClO2. The molecule has 18 heavy (non-hydrogen) atoms. The first-order valence-electron chi connectivity index (χ1n) is 6.04. The zero-order valence-corrected chi connectivity index (χ0v) is 13.3. The molecule has 1 atom stereocenters. The number of rotatable bonds is 6. The maximum Gasteiger partial charge on any atom is 0.168 e. The van der Waals surface area contributed by atoms with Crippen molar-refractivity contribution in [1.29, 1.82) is 0 Å². The van der Waals surface area contributed by atoms with E-state index in [4.69, 9.17) is 16.3 Å². The molecule has 2 nitrogen and oxygen atoms in total. The molecule has 1 aromatic carbocycles. The second-order valence-corrected chi connectivity index (χ2v) is 5.68. The number of carbonyl (C=O) groups is 1. The Kier molecular flexibility index (Phi) is 5.83. The van der Waals surface area contributed by atoms with Gasteiger partial charge in [0.1, 0.15) is 5.60 Å². The molecule has 1 rings (SSSR count). The second kappa shape index (κ2) is 6.69. The summed E-state index contributed by atoms with van der Waals surface area (Å²) in [6.07, 6.45) is 0.963. The Bertz CT molecular complexity index is 434. The summed E-state index contributed by atoms with van der Waals surface area (Å²) in [6.45, 7) is 6.22. The highest BCUT2D eigenvalue weighted by molar-refractivity contribution is 9.10. The number of benzene rings is 1. The van der Waals surface area contributed by atoms with E-state index >= 15 is 0 Å². The molecule has 0 spiro atoms. The minimum absolute atomic E-state index is 0.0658. The fraction of sp³-hybridized carbons (Fsp3) is 0.500. The summed E-state index contributed by atoms with van der Waals surface area (Å²) >= 11 is 9.47. The first kappa shape index (κ1) is 15.7. The first-order valence-corrected chi connectivity index (χ1v) is 7.21. The van der Waals surface area contributed by atoms with Crippen molar-refractivity contribution in [3.8, 4) is 0 Å². The van der Waals surface area contributed by atoms with Crippen LogP contribution in [0.3, 0.4) is 0 Å². The molecule has 0 saturated heterocycles. The van der Waals surface area contributed by atoms with Crippen molar-refractivity contribution in [3.63, 3.8) is 0 Å². The standard InChI is InChI=1S/C14H18BrClO2/c1-4-14(3,18-5-2)13(17)8-10-6-7-11(15)9-12(10)16/h6-7,9H,4-5,8H2,1-3H3. The fourth-order valence-electron chi connectivity index (χ4n) is 1.72. The lowest BCUT2D eigenvalue weighted by atomic mass is 9.92. The van der Waals surface area contributed by atoms with Crippen LogP contribution in [0.1, 0.15) is 32.8 Å². The highest BCUT2D eigenvalue weighted by Gasteiger charge is 2.31.